The third-order valence-electron chi connectivity index (χ3n) is 6.63. The van der Waals surface area contributed by atoms with Crippen LogP contribution in [-0.4, -0.2) is 63.3 Å². The molecule has 1 heterocycles. The normalized spacial score (nSPS) is 30.1. The highest BCUT2D eigenvalue weighted by molar-refractivity contribution is 5.26. The van der Waals surface area contributed by atoms with E-state index in [4.69, 9.17) is 9.47 Å². The molecule has 0 bridgehead atoms. The molecule has 1 aliphatic heterocycles. The van der Waals surface area contributed by atoms with Gasteiger partial charge in [0.15, 0.2) is 6.29 Å². The molecule has 1 fully saturated rings. The molecule has 0 amide bonds. The fourth-order valence-corrected chi connectivity index (χ4v) is 4.96. The molecular formula is C28H32O6. The number of aliphatic hydroxyl groups excluding tert-OH is 2. The van der Waals surface area contributed by atoms with Crippen molar-refractivity contribution in [2.45, 2.75) is 55.1 Å². The van der Waals surface area contributed by atoms with Gasteiger partial charge in [0.05, 0.1) is 6.10 Å². The third-order valence-corrected chi connectivity index (χ3v) is 6.63. The lowest BCUT2D eigenvalue weighted by Crippen LogP contribution is -2.75. The molecule has 6 atom stereocenters. The molecule has 1 unspecified atom stereocenters. The Morgan fingerprint density at radius 2 is 1.21 bits per heavy atom. The van der Waals surface area contributed by atoms with Crippen LogP contribution in [0, 0.1) is 0 Å². The first kappa shape index (κ1) is 24.5. The Hall–Kier alpha value is -2.58. The number of aliphatic hydroxyl groups is 4. The van der Waals surface area contributed by atoms with Crippen LogP contribution < -0.4 is 0 Å². The van der Waals surface area contributed by atoms with Gasteiger partial charge in [0.25, 0.3) is 0 Å². The highest BCUT2D eigenvalue weighted by atomic mass is 16.7. The van der Waals surface area contributed by atoms with E-state index in [1.807, 2.05) is 91.0 Å². The molecule has 0 aromatic heterocycles. The number of hydrogen-bond acceptors (Lipinski definition) is 6. The average molecular weight is 465 g/mol. The van der Waals surface area contributed by atoms with Crippen LogP contribution in [-0.2, 0) is 28.7 Å². The van der Waals surface area contributed by atoms with Crippen LogP contribution in [0.3, 0.4) is 0 Å². The van der Waals surface area contributed by atoms with Gasteiger partial charge in [-0.15, -0.1) is 0 Å². The Morgan fingerprint density at radius 1 is 0.765 bits per heavy atom. The van der Waals surface area contributed by atoms with E-state index < -0.39 is 35.8 Å². The van der Waals surface area contributed by atoms with Gasteiger partial charge in [0, 0.05) is 26.4 Å². The van der Waals surface area contributed by atoms with Crippen molar-refractivity contribution >= 4 is 0 Å². The van der Waals surface area contributed by atoms with Crippen LogP contribution in [0.1, 0.15) is 16.7 Å². The van der Waals surface area contributed by atoms with Gasteiger partial charge in [-0.3, -0.25) is 0 Å². The maximum Gasteiger partial charge on any atom is 0.189 e. The van der Waals surface area contributed by atoms with Crippen molar-refractivity contribution in [1.82, 2.24) is 0 Å². The number of rotatable bonds is 8. The predicted octanol–water partition coefficient (Wildman–Crippen LogP) is 2.27. The molecule has 0 saturated carbocycles. The first-order valence-electron chi connectivity index (χ1n) is 11.5. The fraction of sp³-hybridized carbons (Fsp3) is 0.357. The van der Waals surface area contributed by atoms with E-state index >= 15 is 0 Å². The first-order valence-corrected chi connectivity index (χ1v) is 11.5. The molecule has 1 aliphatic rings. The Bertz CT molecular complexity index is 1030. The first-order chi connectivity index (χ1) is 16.4. The second kappa shape index (κ2) is 10.4. The average Bonchev–Trinajstić information content (AvgIpc) is 2.85. The van der Waals surface area contributed by atoms with Crippen molar-refractivity contribution in [3.8, 4) is 0 Å². The van der Waals surface area contributed by atoms with Crippen molar-refractivity contribution in [2.75, 3.05) is 7.11 Å². The van der Waals surface area contributed by atoms with E-state index in [2.05, 4.69) is 0 Å². The molecule has 6 nitrogen and oxygen atoms in total. The van der Waals surface area contributed by atoms with Gasteiger partial charge >= 0.3 is 0 Å². The molecule has 0 spiro atoms. The molecule has 34 heavy (non-hydrogen) atoms. The fourth-order valence-electron chi connectivity index (χ4n) is 4.96. The minimum Gasteiger partial charge on any atom is -0.390 e. The van der Waals surface area contributed by atoms with Crippen LogP contribution in [0.25, 0.3) is 0 Å². The van der Waals surface area contributed by atoms with Crippen molar-refractivity contribution in [3.05, 3.63) is 108 Å². The van der Waals surface area contributed by atoms with Gasteiger partial charge < -0.3 is 29.9 Å². The largest absolute Gasteiger partial charge is 0.390 e. The lowest BCUT2D eigenvalue weighted by atomic mass is 9.70. The predicted molar refractivity (Wildman–Crippen MR) is 128 cm³/mol. The van der Waals surface area contributed by atoms with Crippen LogP contribution >= 0.6 is 0 Å². The highest BCUT2D eigenvalue weighted by Crippen LogP contribution is 2.42. The molecule has 1 saturated heterocycles. The second-order valence-electron chi connectivity index (χ2n) is 9.09. The minimum absolute atomic E-state index is 0.00782. The standard InChI is InChI=1S/C28H32O6/c1-33-26-28(32,19-22-15-9-4-10-16-22)25(30)27(31,18-21-13-7-3-8-14-21)24(34-26)23(29)17-20-11-5-2-6-12-20/h2-16,23-26,29-32H,17-19H2,1H3/t23?,24-,25+,26+,27+,28-/m1/s1. The van der Waals surface area contributed by atoms with E-state index in [9.17, 15) is 20.4 Å². The van der Waals surface area contributed by atoms with Crippen LogP contribution in [0.4, 0.5) is 0 Å². The van der Waals surface area contributed by atoms with Crippen LogP contribution in [0.2, 0.25) is 0 Å². The van der Waals surface area contributed by atoms with E-state index in [0.29, 0.717) is 0 Å². The number of ether oxygens (including phenoxy) is 2. The van der Waals surface area contributed by atoms with E-state index in [1.54, 1.807) is 0 Å². The minimum atomic E-state index is -1.99. The third kappa shape index (κ3) is 4.93. The Labute approximate surface area is 200 Å². The molecule has 4 N–H and O–H groups in total. The van der Waals surface area contributed by atoms with Gasteiger partial charge in [-0.05, 0) is 16.7 Å². The molecule has 0 radical (unpaired) electrons. The van der Waals surface area contributed by atoms with Gasteiger partial charge in [-0.1, -0.05) is 91.0 Å². The summed E-state index contributed by atoms with van der Waals surface area (Å²) in [5.41, 5.74) is -1.60. The molecule has 3 aromatic carbocycles. The quantitative estimate of drug-likeness (QED) is 0.408. The highest BCUT2D eigenvalue weighted by Gasteiger charge is 2.63. The zero-order valence-electron chi connectivity index (χ0n) is 19.2. The summed E-state index contributed by atoms with van der Waals surface area (Å²) in [6, 6.07) is 27.7. The summed E-state index contributed by atoms with van der Waals surface area (Å²) in [5.74, 6) is 0. The smallest absolute Gasteiger partial charge is 0.189 e. The molecule has 4 rings (SSSR count). The van der Waals surface area contributed by atoms with Gasteiger partial charge in [0.2, 0.25) is 0 Å². The van der Waals surface area contributed by atoms with Gasteiger partial charge in [-0.25, -0.2) is 0 Å². The summed E-state index contributed by atoms with van der Waals surface area (Å²) in [6.45, 7) is 0. The maximum absolute atomic E-state index is 12.0. The number of benzene rings is 3. The second-order valence-corrected chi connectivity index (χ2v) is 9.09. The lowest BCUT2D eigenvalue weighted by Gasteiger charge is -2.55. The van der Waals surface area contributed by atoms with E-state index in [-0.39, 0.29) is 19.3 Å². The molecule has 6 heteroatoms. The zero-order valence-corrected chi connectivity index (χ0v) is 19.2. The summed E-state index contributed by atoms with van der Waals surface area (Å²) in [5, 5.41) is 46.5. The number of methoxy groups -OCH3 is 1. The maximum atomic E-state index is 12.0. The zero-order chi connectivity index (χ0) is 24.2. The van der Waals surface area contributed by atoms with Crippen LogP contribution in [0.15, 0.2) is 91.0 Å². The van der Waals surface area contributed by atoms with Crippen molar-refractivity contribution in [2.24, 2.45) is 0 Å². The molecule has 0 aliphatic carbocycles. The van der Waals surface area contributed by atoms with Gasteiger partial charge in [-0.2, -0.15) is 0 Å². The summed E-state index contributed by atoms with van der Waals surface area (Å²) in [4.78, 5) is 0. The van der Waals surface area contributed by atoms with Crippen molar-refractivity contribution in [1.29, 1.82) is 0 Å². The van der Waals surface area contributed by atoms with Crippen LogP contribution in [0.5, 0.6) is 0 Å². The molecule has 3 aromatic rings. The Kier molecular flexibility index (Phi) is 7.48. The molecule has 180 valence electrons. The molecular weight excluding hydrogens is 432 g/mol. The monoisotopic (exact) mass is 464 g/mol. The summed E-state index contributed by atoms with van der Waals surface area (Å²) in [6.07, 6.45) is -5.16. The Balaban J connectivity index is 1.71. The SMILES string of the molecule is CO[C@H]1O[C@H](C(O)Cc2ccccc2)[C@@](O)(Cc2ccccc2)[C@H](O)[C@]1(O)Cc1ccccc1. The van der Waals surface area contributed by atoms with Crippen molar-refractivity contribution in [3.63, 3.8) is 0 Å². The summed E-state index contributed by atoms with van der Waals surface area (Å²) in [7, 11) is 1.37. The lowest BCUT2D eigenvalue weighted by molar-refractivity contribution is -0.370. The summed E-state index contributed by atoms with van der Waals surface area (Å²) >= 11 is 0. The Morgan fingerprint density at radius 3 is 1.68 bits per heavy atom. The van der Waals surface area contributed by atoms with E-state index in [1.165, 1.54) is 7.11 Å². The van der Waals surface area contributed by atoms with E-state index in [0.717, 1.165) is 16.7 Å². The number of hydrogen-bond donors (Lipinski definition) is 4. The summed E-state index contributed by atoms with van der Waals surface area (Å²) < 4.78 is 11.6. The topological polar surface area (TPSA) is 99.4 Å². The van der Waals surface area contributed by atoms with Crippen molar-refractivity contribution < 1.29 is 29.9 Å². The van der Waals surface area contributed by atoms with Gasteiger partial charge in [0.1, 0.15) is 23.4 Å².